The number of halogens is 1. The fourth-order valence-corrected chi connectivity index (χ4v) is 4.10. The van der Waals surface area contributed by atoms with Crippen LogP contribution >= 0.6 is 0 Å². The minimum atomic E-state index is -0.112. The van der Waals surface area contributed by atoms with Crippen molar-refractivity contribution in [2.75, 3.05) is 0 Å². The Morgan fingerprint density at radius 3 is 2.22 bits per heavy atom. The summed E-state index contributed by atoms with van der Waals surface area (Å²) in [7, 11) is 0. The Bertz CT molecular complexity index is 783. The van der Waals surface area contributed by atoms with Gasteiger partial charge in [0.25, 0.3) is 0 Å². The molecule has 0 heterocycles. The highest BCUT2D eigenvalue weighted by Crippen LogP contribution is 2.35. The van der Waals surface area contributed by atoms with Crippen LogP contribution in [0.2, 0.25) is 0 Å². The lowest BCUT2D eigenvalue weighted by Crippen LogP contribution is -2.12. The van der Waals surface area contributed by atoms with E-state index < -0.39 is 0 Å². The van der Waals surface area contributed by atoms with Crippen LogP contribution in [0.4, 0.5) is 4.39 Å². The molecule has 0 amide bonds. The molecule has 2 aromatic carbocycles. The van der Waals surface area contributed by atoms with E-state index in [0.29, 0.717) is 11.8 Å². The zero-order valence-corrected chi connectivity index (χ0v) is 16.7. The maximum Gasteiger partial charge on any atom is 0.127 e. The van der Waals surface area contributed by atoms with Gasteiger partial charge in [-0.15, -0.1) is 0 Å². The van der Waals surface area contributed by atoms with Crippen molar-refractivity contribution in [3.8, 4) is 11.8 Å². The summed E-state index contributed by atoms with van der Waals surface area (Å²) in [5.74, 6) is 7.61. The lowest BCUT2D eigenvalue weighted by molar-refractivity contribution is 0.384. The second-order valence-corrected chi connectivity index (χ2v) is 7.87. The van der Waals surface area contributed by atoms with Gasteiger partial charge in [0.15, 0.2) is 0 Å². The fraction of sp³-hybridized carbons (Fsp3) is 0.462. The maximum atomic E-state index is 14.1. The zero-order chi connectivity index (χ0) is 19.1. The maximum absolute atomic E-state index is 14.1. The van der Waals surface area contributed by atoms with Gasteiger partial charge < -0.3 is 0 Å². The van der Waals surface area contributed by atoms with Crippen LogP contribution < -0.4 is 0 Å². The SMILES string of the molecule is CCCc1ccc(C2CCC(C#Cc3ccc(CCC)c(F)c3)CC2)cc1. The highest BCUT2D eigenvalue weighted by Gasteiger charge is 2.21. The Hall–Kier alpha value is -2.07. The molecule has 0 spiro atoms. The van der Waals surface area contributed by atoms with E-state index >= 15 is 0 Å². The first-order chi connectivity index (χ1) is 13.2. The minimum absolute atomic E-state index is 0.112. The molecule has 1 aliphatic carbocycles. The van der Waals surface area contributed by atoms with E-state index in [1.54, 1.807) is 6.07 Å². The monoisotopic (exact) mass is 362 g/mol. The quantitative estimate of drug-likeness (QED) is 0.500. The number of benzene rings is 2. The average Bonchev–Trinajstić information content (AvgIpc) is 2.70. The number of hydrogen-bond acceptors (Lipinski definition) is 0. The Morgan fingerprint density at radius 2 is 1.59 bits per heavy atom. The lowest BCUT2D eigenvalue weighted by Gasteiger charge is -2.26. The van der Waals surface area contributed by atoms with Crippen molar-refractivity contribution in [2.24, 2.45) is 5.92 Å². The summed E-state index contributed by atoms with van der Waals surface area (Å²) in [5, 5.41) is 0. The van der Waals surface area contributed by atoms with Crippen LogP contribution in [0.1, 0.15) is 80.5 Å². The smallest absolute Gasteiger partial charge is 0.127 e. The first kappa shape index (κ1) is 19.7. The Labute approximate surface area is 164 Å². The van der Waals surface area contributed by atoms with Crippen LogP contribution in [-0.2, 0) is 12.8 Å². The lowest BCUT2D eigenvalue weighted by atomic mass is 9.78. The highest BCUT2D eigenvalue weighted by molar-refractivity contribution is 5.37. The van der Waals surface area contributed by atoms with Crippen LogP contribution in [0, 0.1) is 23.6 Å². The summed E-state index contributed by atoms with van der Waals surface area (Å²) in [5.41, 5.74) is 4.53. The molecule has 0 N–H and O–H groups in total. The van der Waals surface area contributed by atoms with Gasteiger partial charge in [0.1, 0.15) is 5.82 Å². The molecule has 0 aliphatic heterocycles. The second kappa shape index (κ2) is 9.75. The number of hydrogen-bond donors (Lipinski definition) is 0. The molecule has 0 unspecified atom stereocenters. The second-order valence-electron chi connectivity index (χ2n) is 7.87. The first-order valence-electron chi connectivity index (χ1n) is 10.6. The Balaban J connectivity index is 1.55. The largest absolute Gasteiger partial charge is 0.207 e. The normalized spacial score (nSPS) is 19.4. The van der Waals surface area contributed by atoms with Crippen LogP contribution in [0.15, 0.2) is 42.5 Å². The van der Waals surface area contributed by atoms with Crippen molar-refractivity contribution >= 4 is 0 Å². The van der Waals surface area contributed by atoms with Crippen LogP contribution in [0.25, 0.3) is 0 Å². The van der Waals surface area contributed by atoms with Crippen molar-refractivity contribution < 1.29 is 4.39 Å². The minimum Gasteiger partial charge on any atom is -0.207 e. The third-order valence-electron chi connectivity index (χ3n) is 5.71. The Morgan fingerprint density at radius 1 is 0.889 bits per heavy atom. The standard InChI is InChI=1S/C26H31F/c1-3-5-20-9-14-23(15-10-20)24-16-11-21(12-17-24)7-8-22-13-18-25(6-4-2)26(27)19-22/h9-10,13-15,18-19,21,24H,3-6,11-12,16-17H2,1-2H3. The molecule has 1 heteroatoms. The molecule has 0 aromatic heterocycles. The van der Waals surface area contributed by atoms with Crippen molar-refractivity contribution in [3.63, 3.8) is 0 Å². The van der Waals surface area contributed by atoms with Crippen molar-refractivity contribution in [1.82, 2.24) is 0 Å². The van der Waals surface area contributed by atoms with Gasteiger partial charge in [-0.2, -0.15) is 0 Å². The summed E-state index contributed by atoms with van der Waals surface area (Å²) < 4.78 is 14.1. The van der Waals surface area contributed by atoms with E-state index in [2.05, 4.69) is 50.0 Å². The van der Waals surface area contributed by atoms with Crippen molar-refractivity contribution in [2.45, 2.75) is 71.1 Å². The van der Waals surface area contributed by atoms with E-state index in [9.17, 15) is 4.39 Å². The fourth-order valence-electron chi connectivity index (χ4n) is 4.10. The summed E-state index contributed by atoms with van der Waals surface area (Å²) in [6.07, 6.45) is 8.83. The van der Waals surface area contributed by atoms with Gasteiger partial charge in [-0.25, -0.2) is 4.39 Å². The summed E-state index contributed by atoms with van der Waals surface area (Å²) in [6.45, 7) is 4.30. The van der Waals surface area contributed by atoms with Gasteiger partial charge in [0.05, 0.1) is 0 Å². The van der Waals surface area contributed by atoms with Gasteiger partial charge in [0, 0.05) is 11.5 Å². The predicted octanol–water partition coefficient (Wildman–Crippen LogP) is 7.06. The number of aryl methyl sites for hydroxylation is 2. The summed E-state index contributed by atoms with van der Waals surface area (Å²) in [4.78, 5) is 0. The third kappa shape index (κ3) is 5.46. The van der Waals surface area contributed by atoms with Gasteiger partial charge >= 0.3 is 0 Å². The van der Waals surface area contributed by atoms with Crippen molar-refractivity contribution in [1.29, 1.82) is 0 Å². The number of rotatable bonds is 5. The van der Waals surface area contributed by atoms with Gasteiger partial charge in [-0.3, -0.25) is 0 Å². The summed E-state index contributed by atoms with van der Waals surface area (Å²) in [6, 6.07) is 14.7. The molecule has 1 saturated carbocycles. The average molecular weight is 363 g/mol. The molecular formula is C26H31F. The molecule has 0 radical (unpaired) electrons. The van der Waals surface area contributed by atoms with Gasteiger partial charge in [0.2, 0.25) is 0 Å². The van der Waals surface area contributed by atoms with E-state index in [-0.39, 0.29) is 5.82 Å². The molecule has 27 heavy (non-hydrogen) atoms. The first-order valence-corrected chi connectivity index (χ1v) is 10.6. The molecule has 2 aromatic rings. The molecular weight excluding hydrogens is 331 g/mol. The molecule has 3 rings (SSSR count). The molecule has 1 fully saturated rings. The van der Waals surface area contributed by atoms with E-state index in [1.807, 2.05) is 12.1 Å². The van der Waals surface area contributed by atoms with Gasteiger partial charge in [-0.05, 0) is 73.3 Å². The van der Waals surface area contributed by atoms with E-state index in [1.165, 1.54) is 36.8 Å². The predicted molar refractivity (Wildman–Crippen MR) is 112 cm³/mol. The third-order valence-corrected chi connectivity index (χ3v) is 5.71. The van der Waals surface area contributed by atoms with E-state index in [0.717, 1.165) is 36.8 Å². The van der Waals surface area contributed by atoms with Gasteiger partial charge in [-0.1, -0.05) is 68.9 Å². The van der Waals surface area contributed by atoms with Crippen molar-refractivity contribution in [3.05, 3.63) is 70.5 Å². The molecule has 0 nitrogen and oxygen atoms in total. The molecule has 0 atom stereocenters. The van der Waals surface area contributed by atoms with Crippen LogP contribution in [0.3, 0.4) is 0 Å². The summed E-state index contributed by atoms with van der Waals surface area (Å²) >= 11 is 0. The molecule has 142 valence electrons. The zero-order valence-electron chi connectivity index (χ0n) is 16.7. The van der Waals surface area contributed by atoms with E-state index in [4.69, 9.17) is 0 Å². The molecule has 1 aliphatic rings. The Kier molecular flexibility index (Phi) is 7.11. The molecule has 0 saturated heterocycles. The van der Waals surface area contributed by atoms with Crippen LogP contribution in [0.5, 0.6) is 0 Å². The highest BCUT2D eigenvalue weighted by atomic mass is 19.1. The topological polar surface area (TPSA) is 0 Å². The van der Waals surface area contributed by atoms with Crippen LogP contribution in [-0.4, -0.2) is 0 Å². The molecule has 0 bridgehead atoms.